The second-order valence-corrected chi connectivity index (χ2v) is 11.3. The van der Waals surface area contributed by atoms with E-state index in [4.69, 9.17) is 0 Å². The number of nitrogens with one attached hydrogen (secondary N) is 1. The topological polar surface area (TPSA) is 121 Å². The van der Waals surface area contributed by atoms with Crippen molar-refractivity contribution in [3.05, 3.63) is 107 Å². The Balaban J connectivity index is 1.58. The highest BCUT2D eigenvalue weighted by Gasteiger charge is 2.41. The summed E-state index contributed by atoms with van der Waals surface area (Å²) in [6, 6.07) is 20.7. The molecule has 0 aromatic heterocycles. The van der Waals surface area contributed by atoms with Gasteiger partial charge in [-0.05, 0) is 24.6 Å². The van der Waals surface area contributed by atoms with Gasteiger partial charge in [-0.25, -0.2) is 8.42 Å². The highest BCUT2D eigenvalue weighted by atomic mass is 32.2. The monoisotopic (exact) mass is 557 g/mol. The van der Waals surface area contributed by atoms with Crippen molar-refractivity contribution >= 4 is 39.2 Å². The molecule has 3 amide bonds. The molecule has 2 heterocycles. The van der Waals surface area contributed by atoms with E-state index in [1.807, 2.05) is 6.92 Å². The molecule has 204 valence electrons. The molecule has 0 fully saturated rings. The summed E-state index contributed by atoms with van der Waals surface area (Å²) in [4.78, 5) is 53.8. The van der Waals surface area contributed by atoms with Crippen LogP contribution < -0.4 is 5.32 Å². The number of nitrogens with zero attached hydrogens (tertiary/aromatic N) is 2. The fourth-order valence-corrected chi connectivity index (χ4v) is 6.63. The molecular weight excluding hydrogens is 530 g/mol. The Kier molecular flexibility index (Phi) is 7.36. The largest absolute Gasteiger partial charge is 0.322 e. The van der Waals surface area contributed by atoms with Crippen LogP contribution in [0.2, 0.25) is 0 Å². The van der Waals surface area contributed by atoms with Gasteiger partial charge >= 0.3 is 0 Å². The number of imide groups is 1. The van der Waals surface area contributed by atoms with Gasteiger partial charge < -0.3 is 5.32 Å². The van der Waals surface area contributed by atoms with Gasteiger partial charge in [0.15, 0.2) is 0 Å². The number of Topliss-reactive ketones (excluding diaryl/α,β-unsaturated/α-hetero) is 1. The Labute approximate surface area is 232 Å². The maximum atomic E-state index is 13.9. The van der Waals surface area contributed by atoms with Crippen molar-refractivity contribution in [1.82, 2.24) is 14.5 Å². The van der Waals surface area contributed by atoms with E-state index in [-0.39, 0.29) is 45.1 Å². The third-order valence-electron chi connectivity index (χ3n) is 6.87. The number of hydrogen-bond donors (Lipinski definition) is 1. The standard InChI is InChI=1S/C30H27N3O6S/c1-2-3-11-18-33-27(28(35)20-12-5-4-6-13-20)26(23-16-9-10-17-24(23)40(33,38)39)31-25(34)19-32-29(36)21-14-7-8-15-22(21)30(32)37/h4-10,12-17H,2-3,11,18-19H2,1H3,(H,31,34). The van der Waals surface area contributed by atoms with Crippen molar-refractivity contribution in [2.75, 3.05) is 13.1 Å². The predicted molar refractivity (Wildman–Crippen MR) is 148 cm³/mol. The van der Waals surface area contributed by atoms with E-state index >= 15 is 0 Å². The number of unbranched alkanes of at least 4 members (excludes halogenated alkanes) is 2. The van der Waals surface area contributed by atoms with E-state index in [1.165, 1.54) is 24.3 Å². The lowest BCUT2D eigenvalue weighted by atomic mass is 10.0. The van der Waals surface area contributed by atoms with E-state index in [9.17, 15) is 27.6 Å². The number of benzene rings is 3. The highest BCUT2D eigenvalue weighted by molar-refractivity contribution is 7.89. The molecule has 3 aromatic rings. The molecule has 0 saturated heterocycles. The van der Waals surface area contributed by atoms with E-state index < -0.39 is 40.1 Å². The van der Waals surface area contributed by atoms with Crippen molar-refractivity contribution in [2.45, 2.75) is 31.1 Å². The van der Waals surface area contributed by atoms with Crippen LogP contribution in [0.5, 0.6) is 0 Å². The highest BCUT2D eigenvalue weighted by Crippen LogP contribution is 2.37. The Morgan fingerprint density at radius 1 is 0.775 bits per heavy atom. The Hall–Kier alpha value is -4.57. The normalized spacial score (nSPS) is 15.6. The third-order valence-corrected chi connectivity index (χ3v) is 8.73. The summed E-state index contributed by atoms with van der Waals surface area (Å²) in [5.74, 6) is -2.52. The molecule has 0 saturated carbocycles. The maximum Gasteiger partial charge on any atom is 0.265 e. The zero-order valence-corrected chi connectivity index (χ0v) is 22.6. The van der Waals surface area contributed by atoms with Crippen LogP contribution in [-0.4, -0.2) is 54.2 Å². The van der Waals surface area contributed by atoms with Gasteiger partial charge in [0.2, 0.25) is 11.7 Å². The van der Waals surface area contributed by atoms with Crippen LogP contribution in [-0.2, 0) is 14.8 Å². The van der Waals surface area contributed by atoms with Crippen LogP contribution in [0.4, 0.5) is 0 Å². The molecule has 1 N–H and O–H groups in total. The molecule has 10 heteroatoms. The molecule has 0 bridgehead atoms. The second-order valence-electron chi connectivity index (χ2n) is 9.49. The van der Waals surface area contributed by atoms with Gasteiger partial charge in [-0.3, -0.25) is 28.4 Å². The van der Waals surface area contributed by atoms with Gasteiger partial charge in [-0.2, -0.15) is 0 Å². The summed E-state index contributed by atoms with van der Waals surface area (Å²) in [6.07, 6.45) is 2.07. The van der Waals surface area contributed by atoms with E-state index in [0.29, 0.717) is 6.42 Å². The lowest BCUT2D eigenvalue weighted by Crippen LogP contribution is -2.44. The first-order valence-corrected chi connectivity index (χ1v) is 14.4. The summed E-state index contributed by atoms with van der Waals surface area (Å²) in [7, 11) is -4.13. The van der Waals surface area contributed by atoms with Crippen molar-refractivity contribution in [2.24, 2.45) is 0 Å². The molecule has 0 atom stereocenters. The summed E-state index contributed by atoms with van der Waals surface area (Å²) in [6.45, 7) is 1.42. The quantitative estimate of drug-likeness (QED) is 0.242. The average Bonchev–Trinajstić information content (AvgIpc) is 3.20. The molecule has 9 nitrogen and oxygen atoms in total. The minimum absolute atomic E-state index is 0.0115. The summed E-state index contributed by atoms with van der Waals surface area (Å²) >= 11 is 0. The van der Waals surface area contributed by atoms with Gasteiger partial charge in [0, 0.05) is 17.7 Å². The summed E-state index contributed by atoms with van der Waals surface area (Å²) in [5, 5.41) is 2.70. The lowest BCUT2D eigenvalue weighted by Gasteiger charge is -2.34. The molecule has 0 spiro atoms. The molecule has 3 aromatic carbocycles. The first kappa shape index (κ1) is 27.0. The number of rotatable bonds is 9. The van der Waals surface area contributed by atoms with E-state index in [2.05, 4.69) is 5.32 Å². The zero-order chi connectivity index (χ0) is 28.4. The second kappa shape index (κ2) is 10.9. The number of fused-ring (bicyclic) bond motifs is 2. The summed E-state index contributed by atoms with van der Waals surface area (Å²) < 4.78 is 28.7. The number of amides is 3. The van der Waals surface area contributed by atoms with Gasteiger partial charge in [-0.15, -0.1) is 0 Å². The van der Waals surface area contributed by atoms with Crippen molar-refractivity contribution in [3.8, 4) is 0 Å². The molecule has 0 radical (unpaired) electrons. The molecule has 2 aliphatic rings. The SMILES string of the molecule is CCCCCN1C(C(=O)c2ccccc2)=C(NC(=O)CN2C(=O)c3ccccc3C2=O)c2ccccc2S1(=O)=O. The molecule has 0 aliphatic carbocycles. The van der Waals surface area contributed by atoms with Crippen LogP contribution >= 0.6 is 0 Å². The Morgan fingerprint density at radius 2 is 1.35 bits per heavy atom. The molecular formula is C30H27N3O6S. The number of ketones is 1. The van der Waals surface area contributed by atoms with Gasteiger partial charge in [-0.1, -0.05) is 80.4 Å². The number of allylic oxidation sites excluding steroid dienone is 1. The lowest BCUT2D eigenvalue weighted by molar-refractivity contribution is -0.120. The fraction of sp³-hybridized carbons (Fsp3) is 0.200. The first-order valence-electron chi connectivity index (χ1n) is 13.0. The van der Waals surface area contributed by atoms with Crippen LogP contribution in [0.3, 0.4) is 0 Å². The molecule has 5 rings (SSSR count). The van der Waals surface area contributed by atoms with Crippen LogP contribution in [0.25, 0.3) is 5.70 Å². The smallest absolute Gasteiger partial charge is 0.265 e. The number of carbonyl (C=O) groups excluding carboxylic acids is 4. The number of sulfonamides is 1. The summed E-state index contributed by atoms with van der Waals surface area (Å²) in [5.41, 5.74) is 0.643. The molecule has 2 aliphatic heterocycles. The average molecular weight is 558 g/mol. The van der Waals surface area contributed by atoms with Gasteiger partial charge in [0.05, 0.1) is 21.7 Å². The molecule has 0 unspecified atom stereocenters. The third kappa shape index (κ3) is 4.71. The van der Waals surface area contributed by atoms with Crippen LogP contribution in [0.1, 0.15) is 62.8 Å². The van der Waals surface area contributed by atoms with Crippen molar-refractivity contribution in [3.63, 3.8) is 0 Å². The zero-order valence-electron chi connectivity index (χ0n) is 21.8. The van der Waals surface area contributed by atoms with E-state index in [0.717, 1.165) is 22.0 Å². The Bertz CT molecular complexity index is 1630. The maximum absolute atomic E-state index is 13.9. The minimum atomic E-state index is -4.13. The number of carbonyl (C=O) groups is 4. The van der Waals surface area contributed by atoms with Crippen LogP contribution in [0.15, 0.2) is 89.5 Å². The first-order chi connectivity index (χ1) is 19.3. The predicted octanol–water partition coefficient (Wildman–Crippen LogP) is 3.85. The van der Waals surface area contributed by atoms with Crippen LogP contribution in [0, 0.1) is 0 Å². The minimum Gasteiger partial charge on any atom is -0.322 e. The van der Waals surface area contributed by atoms with Gasteiger partial charge in [0.25, 0.3) is 21.8 Å². The van der Waals surface area contributed by atoms with Crippen molar-refractivity contribution in [1.29, 1.82) is 0 Å². The molecule has 40 heavy (non-hydrogen) atoms. The van der Waals surface area contributed by atoms with Gasteiger partial charge in [0.1, 0.15) is 12.2 Å². The van der Waals surface area contributed by atoms with E-state index in [1.54, 1.807) is 54.6 Å². The Morgan fingerprint density at radius 3 is 1.98 bits per heavy atom. The fourth-order valence-electron chi connectivity index (χ4n) is 4.91. The van der Waals surface area contributed by atoms with Crippen molar-refractivity contribution < 1.29 is 27.6 Å². The number of hydrogen-bond acceptors (Lipinski definition) is 6.